The van der Waals surface area contributed by atoms with E-state index in [4.69, 9.17) is 21.1 Å². The van der Waals surface area contributed by atoms with Crippen LogP contribution in [-0.2, 0) is 16.6 Å². The van der Waals surface area contributed by atoms with E-state index in [9.17, 15) is 9.90 Å². The van der Waals surface area contributed by atoms with Crippen molar-refractivity contribution in [1.29, 1.82) is 0 Å². The molecule has 2 aromatic carbocycles. The second-order valence-corrected chi connectivity index (χ2v) is 13.5. The number of aliphatic hydroxyl groups excluding tert-OH is 1. The number of carbonyl (C=O) groups is 1. The van der Waals surface area contributed by atoms with Gasteiger partial charge in [-0.3, -0.25) is 0 Å². The highest BCUT2D eigenvalue weighted by Crippen LogP contribution is 2.52. The van der Waals surface area contributed by atoms with Crippen molar-refractivity contribution in [3.8, 4) is 5.75 Å². The minimum absolute atomic E-state index is 0.171. The van der Waals surface area contributed by atoms with Crippen molar-refractivity contribution in [1.82, 2.24) is 0 Å². The lowest BCUT2D eigenvalue weighted by atomic mass is 9.57. The predicted octanol–water partition coefficient (Wildman–Crippen LogP) is 7.12. The average molecular weight is 552 g/mol. The Morgan fingerprint density at radius 1 is 1.28 bits per heavy atom. The van der Waals surface area contributed by atoms with Crippen LogP contribution in [0.1, 0.15) is 81.3 Å². The number of ether oxygens (including phenoxy) is 2. The molecule has 0 radical (unpaired) electrons. The molecule has 39 heavy (non-hydrogen) atoms. The molecule has 6 heteroatoms. The number of benzene rings is 2. The minimum Gasteiger partial charge on any atom is -0.490 e. The maximum atomic E-state index is 13.0. The summed E-state index contributed by atoms with van der Waals surface area (Å²) in [5.41, 5.74) is 3.11. The molecule has 2 aliphatic carbocycles. The van der Waals surface area contributed by atoms with E-state index < -0.39 is 11.7 Å². The molecule has 1 unspecified atom stereocenters. The van der Waals surface area contributed by atoms with Gasteiger partial charge in [-0.1, -0.05) is 30.7 Å². The van der Waals surface area contributed by atoms with Gasteiger partial charge in [0.05, 0.1) is 24.0 Å². The van der Waals surface area contributed by atoms with Crippen molar-refractivity contribution >= 4 is 23.3 Å². The summed E-state index contributed by atoms with van der Waals surface area (Å²) < 4.78 is 12.3. The minimum atomic E-state index is -0.577. The maximum absolute atomic E-state index is 13.0. The molecule has 3 aliphatic rings. The molecule has 210 valence electrons. The molecule has 1 spiro atoms. The molecular formula is C33H42ClNO4. The van der Waals surface area contributed by atoms with Gasteiger partial charge < -0.3 is 19.5 Å². The van der Waals surface area contributed by atoms with E-state index in [0.29, 0.717) is 24.5 Å². The van der Waals surface area contributed by atoms with E-state index in [1.54, 1.807) is 6.07 Å². The zero-order valence-corrected chi connectivity index (χ0v) is 24.5. The van der Waals surface area contributed by atoms with Crippen LogP contribution < -0.4 is 9.64 Å². The topological polar surface area (TPSA) is 59.0 Å². The smallest absolute Gasteiger partial charge is 0.338 e. The van der Waals surface area contributed by atoms with Gasteiger partial charge in [0.15, 0.2) is 0 Å². The van der Waals surface area contributed by atoms with Crippen LogP contribution in [0.2, 0.25) is 5.02 Å². The monoisotopic (exact) mass is 551 g/mol. The lowest BCUT2D eigenvalue weighted by Crippen LogP contribution is -2.53. The summed E-state index contributed by atoms with van der Waals surface area (Å²) in [6.45, 7) is 13.8. The Kier molecular flexibility index (Phi) is 7.54. The van der Waals surface area contributed by atoms with Crippen molar-refractivity contribution in [2.45, 2.75) is 83.3 Å². The molecule has 1 aliphatic heterocycles. The number of hydrogen-bond acceptors (Lipinski definition) is 5. The molecule has 5 rings (SSSR count). The first kappa shape index (κ1) is 28.0. The van der Waals surface area contributed by atoms with E-state index in [1.807, 2.05) is 45.0 Å². The zero-order chi connectivity index (χ0) is 28.0. The van der Waals surface area contributed by atoms with E-state index in [-0.39, 0.29) is 16.8 Å². The van der Waals surface area contributed by atoms with Crippen molar-refractivity contribution in [3.63, 3.8) is 0 Å². The number of aryl methyl sites for hydroxylation is 1. The van der Waals surface area contributed by atoms with Crippen molar-refractivity contribution in [3.05, 3.63) is 70.8 Å². The molecule has 1 fully saturated rings. The molecule has 5 nitrogen and oxygen atoms in total. The van der Waals surface area contributed by atoms with Gasteiger partial charge in [0.25, 0.3) is 0 Å². The van der Waals surface area contributed by atoms with E-state index in [1.165, 1.54) is 11.1 Å². The summed E-state index contributed by atoms with van der Waals surface area (Å²) in [5.74, 6) is 0.763. The summed E-state index contributed by atoms with van der Waals surface area (Å²) >= 11 is 6.40. The second-order valence-electron chi connectivity index (χ2n) is 13.1. The van der Waals surface area contributed by atoms with Crippen LogP contribution in [0.15, 0.2) is 49.1 Å². The molecule has 0 amide bonds. The Morgan fingerprint density at radius 3 is 2.77 bits per heavy atom. The first-order valence-electron chi connectivity index (χ1n) is 14.3. The van der Waals surface area contributed by atoms with Gasteiger partial charge in [-0.25, -0.2) is 4.79 Å². The fourth-order valence-electron chi connectivity index (χ4n) is 6.81. The largest absolute Gasteiger partial charge is 0.490 e. The van der Waals surface area contributed by atoms with Crippen LogP contribution in [0.5, 0.6) is 5.75 Å². The number of nitrogens with zero attached hydrogens (tertiary/aromatic N) is 1. The van der Waals surface area contributed by atoms with E-state index >= 15 is 0 Å². The highest BCUT2D eigenvalue weighted by atomic mass is 35.5. The Balaban J connectivity index is 1.54. The number of carbonyl (C=O) groups excluding carboxylic acids is 1. The molecule has 0 aromatic heterocycles. The van der Waals surface area contributed by atoms with Crippen molar-refractivity contribution in [2.75, 3.05) is 24.6 Å². The lowest BCUT2D eigenvalue weighted by Gasteiger charge is -2.52. The number of fused-ring (bicyclic) bond motifs is 3. The third-order valence-electron chi connectivity index (χ3n) is 9.23. The number of anilines is 1. The SMILES string of the molecule is C=CC[C@H](O)[C@]1(C)CC[C@H]1CN1CC2(CCCc3cc(Cl)ccc32)COc2ccc(C(=O)OC(C)(C)C)cc21. The highest BCUT2D eigenvalue weighted by Gasteiger charge is 2.49. The Hall–Kier alpha value is -2.50. The zero-order valence-electron chi connectivity index (χ0n) is 23.8. The van der Waals surface area contributed by atoms with Gasteiger partial charge in [-0.2, -0.15) is 0 Å². The third-order valence-corrected chi connectivity index (χ3v) is 9.46. The van der Waals surface area contributed by atoms with Gasteiger partial charge in [-0.15, -0.1) is 6.58 Å². The quantitative estimate of drug-likeness (QED) is 0.306. The number of rotatable bonds is 6. The van der Waals surface area contributed by atoms with Crippen LogP contribution in [0.3, 0.4) is 0 Å². The predicted molar refractivity (Wildman–Crippen MR) is 157 cm³/mol. The van der Waals surface area contributed by atoms with Crippen LogP contribution >= 0.6 is 11.6 Å². The first-order chi connectivity index (χ1) is 18.4. The Labute approximate surface area is 238 Å². The lowest BCUT2D eigenvalue weighted by molar-refractivity contribution is -0.0695. The molecule has 2 aromatic rings. The normalized spacial score (nSPS) is 26.9. The van der Waals surface area contributed by atoms with Gasteiger partial charge in [0.2, 0.25) is 0 Å². The van der Waals surface area contributed by atoms with Gasteiger partial charge in [0.1, 0.15) is 11.4 Å². The molecular weight excluding hydrogens is 510 g/mol. The fourth-order valence-corrected chi connectivity index (χ4v) is 7.01. The third kappa shape index (κ3) is 5.45. The van der Waals surface area contributed by atoms with E-state index in [0.717, 1.165) is 61.7 Å². The number of aliphatic hydroxyl groups is 1. The van der Waals surface area contributed by atoms with Crippen LogP contribution in [0, 0.1) is 11.3 Å². The summed E-state index contributed by atoms with van der Waals surface area (Å²) in [5, 5.41) is 11.8. The molecule has 1 N–H and O–H groups in total. The highest BCUT2D eigenvalue weighted by molar-refractivity contribution is 6.30. The van der Waals surface area contributed by atoms with Crippen molar-refractivity contribution < 1.29 is 19.4 Å². The summed E-state index contributed by atoms with van der Waals surface area (Å²) in [6, 6.07) is 11.9. The molecule has 1 heterocycles. The molecule has 1 saturated carbocycles. The maximum Gasteiger partial charge on any atom is 0.338 e. The molecule has 4 atom stereocenters. The van der Waals surface area contributed by atoms with Crippen LogP contribution in [0.25, 0.3) is 0 Å². The molecule has 0 bridgehead atoms. The standard InChI is InChI=1S/C33H42ClNO4/c1-6-8-29(36)32(5)16-14-24(32)19-35-20-33(15-7-9-22-17-25(34)11-12-26(22)33)21-38-28-13-10-23(18-27(28)35)30(37)39-31(2,3)4/h6,10-13,17-18,24,29,36H,1,7-9,14-16,19-21H2,2-5H3/t24-,29-,32+,33?/m0/s1. The van der Waals surface area contributed by atoms with Gasteiger partial charge in [-0.05, 0) is 112 Å². The number of hydrogen-bond donors (Lipinski definition) is 1. The molecule has 0 saturated heterocycles. The summed E-state index contributed by atoms with van der Waals surface area (Å²) in [6.07, 6.45) is 7.14. The van der Waals surface area contributed by atoms with Gasteiger partial charge in [0, 0.05) is 23.5 Å². The Morgan fingerprint density at radius 2 is 2.08 bits per heavy atom. The van der Waals surface area contributed by atoms with Crippen molar-refractivity contribution in [2.24, 2.45) is 11.3 Å². The van der Waals surface area contributed by atoms with Crippen LogP contribution in [-0.4, -0.2) is 42.5 Å². The summed E-state index contributed by atoms with van der Waals surface area (Å²) in [4.78, 5) is 15.5. The number of esters is 1. The van der Waals surface area contributed by atoms with Crippen LogP contribution in [0.4, 0.5) is 5.69 Å². The summed E-state index contributed by atoms with van der Waals surface area (Å²) in [7, 11) is 0. The second kappa shape index (κ2) is 10.5. The first-order valence-corrected chi connectivity index (χ1v) is 14.6. The fraction of sp³-hybridized carbons (Fsp3) is 0.545. The van der Waals surface area contributed by atoms with E-state index in [2.05, 4.69) is 30.5 Å². The number of halogens is 1. The van der Waals surface area contributed by atoms with Gasteiger partial charge >= 0.3 is 5.97 Å². The average Bonchev–Trinajstić information content (AvgIpc) is 3.02. The Bertz CT molecular complexity index is 1250.